The maximum absolute atomic E-state index is 14.7. The van der Waals surface area contributed by atoms with E-state index in [0.717, 1.165) is 52.0 Å². The first-order valence-corrected chi connectivity index (χ1v) is 9.36. The van der Waals surface area contributed by atoms with Crippen LogP contribution in [0.1, 0.15) is 28.7 Å². The maximum Gasteiger partial charge on any atom is 0.165 e. The summed E-state index contributed by atoms with van der Waals surface area (Å²) in [5, 5.41) is 0. The lowest BCUT2D eigenvalue weighted by Gasteiger charge is -2.23. The van der Waals surface area contributed by atoms with Crippen molar-refractivity contribution in [3.63, 3.8) is 0 Å². The summed E-state index contributed by atoms with van der Waals surface area (Å²) in [4.78, 5) is 0. The highest BCUT2D eigenvalue weighted by Crippen LogP contribution is 2.40. The van der Waals surface area contributed by atoms with Gasteiger partial charge in [-0.2, -0.15) is 0 Å². The molecule has 1 heterocycles. The quantitative estimate of drug-likeness (QED) is 0.565. The van der Waals surface area contributed by atoms with Gasteiger partial charge in [-0.3, -0.25) is 0 Å². The van der Waals surface area contributed by atoms with Crippen LogP contribution in [0.5, 0.6) is 11.5 Å². The summed E-state index contributed by atoms with van der Waals surface area (Å²) in [5.74, 6) is 0.895. The monoisotopic (exact) mass is 362 g/mol. The van der Waals surface area contributed by atoms with Gasteiger partial charge in [0.2, 0.25) is 0 Å². The number of fused-ring (bicyclic) bond motifs is 1. The molecule has 1 aliphatic rings. The van der Waals surface area contributed by atoms with Gasteiger partial charge in [0.1, 0.15) is 12.4 Å². The highest BCUT2D eigenvalue weighted by Gasteiger charge is 2.22. The summed E-state index contributed by atoms with van der Waals surface area (Å²) >= 11 is 0. The molecule has 0 aromatic heterocycles. The molecule has 0 aliphatic carbocycles. The van der Waals surface area contributed by atoms with Crippen LogP contribution in [0, 0.1) is 19.7 Å². The number of hydrogen-bond acceptors (Lipinski definition) is 2. The van der Waals surface area contributed by atoms with E-state index in [9.17, 15) is 4.39 Å². The van der Waals surface area contributed by atoms with Crippen molar-refractivity contribution >= 4 is 0 Å². The van der Waals surface area contributed by atoms with Gasteiger partial charge in [-0.05, 0) is 61.6 Å². The molecular weight excluding hydrogens is 339 g/mol. The van der Waals surface area contributed by atoms with Crippen molar-refractivity contribution in [2.45, 2.75) is 33.3 Å². The van der Waals surface area contributed by atoms with E-state index >= 15 is 0 Å². The molecule has 0 bridgehead atoms. The third-order valence-electron chi connectivity index (χ3n) is 5.10. The van der Waals surface area contributed by atoms with E-state index in [1.807, 2.05) is 56.3 Å². The zero-order valence-corrected chi connectivity index (χ0v) is 15.7. The summed E-state index contributed by atoms with van der Waals surface area (Å²) in [6.07, 6.45) is 1.76. The van der Waals surface area contributed by atoms with Crippen molar-refractivity contribution in [2.24, 2.45) is 0 Å². The topological polar surface area (TPSA) is 18.5 Å². The second kappa shape index (κ2) is 7.43. The normalized spacial score (nSPS) is 13.0. The Morgan fingerprint density at radius 2 is 1.81 bits per heavy atom. The van der Waals surface area contributed by atoms with Crippen LogP contribution in [0.2, 0.25) is 0 Å². The van der Waals surface area contributed by atoms with Crippen molar-refractivity contribution in [2.75, 3.05) is 6.61 Å². The highest BCUT2D eigenvalue weighted by atomic mass is 19.1. The van der Waals surface area contributed by atoms with E-state index in [1.54, 1.807) is 6.07 Å². The first kappa shape index (κ1) is 17.6. The van der Waals surface area contributed by atoms with Crippen LogP contribution < -0.4 is 9.47 Å². The number of rotatable bonds is 4. The fourth-order valence-corrected chi connectivity index (χ4v) is 3.65. The first-order chi connectivity index (χ1) is 13.1. The second-order valence-corrected chi connectivity index (χ2v) is 7.06. The van der Waals surface area contributed by atoms with E-state index in [2.05, 4.69) is 6.07 Å². The zero-order chi connectivity index (χ0) is 18.8. The van der Waals surface area contributed by atoms with Gasteiger partial charge in [-0.15, -0.1) is 0 Å². The molecule has 0 N–H and O–H groups in total. The third kappa shape index (κ3) is 3.55. The van der Waals surface area contributed by atoms with E-state index in [0.29, 0.717) is 19.0 Å². The average Bonchev–Trinajstić information content (AvgIpc) is 2.70. The minimum Gasteiger partial charge on any atom is -0.490 e. The second-order valence-electron chi connectivity index (χ2n) is 7.06. The predicted molar refractivity (Wildman–Crippen MR) is 106 cm³/mol. The molecule has 3 aromatic rings. The molecule has 2 nitrogen and oxygen atoms in total. The fraction of sp³-hybridized carbons (Fsp3) is 0.250. The van der Waals surface area contributed by atoms with Gasteiger partial charge in [-0.1, -0.05) is 42.0 Å². The van der Waals surface area contributed by atoms with Gasteiger partial charge < -0.3 is 9.47 Å². The molecule has 3 aromatic carbocycles. The number of hydrogen-bond donors (Lipinski definition) is 0. The van der Waals surface area contributed by atoms with Crippen LogP contribution in [0.25, 0.3) is 11.1 Å². The summed E-state index contributed by atoms with van der Waals surface area (Å²) < 4.78 is 26.4. The SMILES string of the molecule is Cc1ccc(OCc2ccccc2)c(-c2cc(F)c3c(c2C)CCCO3)c1. The molecule has 4 rings (SSSR count). The van der Waals surface area contributed by atoms with E-state index in [1.165, 1.54) is 0 Å². The van der Waals surface area contributed by atoms with Crippen molar-refractivity contribution in [3.8, 4) is 22.6 Å². The van der Waals surface area contributed by atoms with Crippen LogP contribution in [-0.2, 0) is 13.0 Å². The van der Waals surface area contributed by atoms with Gasteiger partial charge in [0.25, 0.3) is 0 Å². The van der Waals surface area contributed by atoms with E-state index in [4.69, 9.17) is 9.47 Å². The molecule has 0 saturated heterocycles. The lowest BCUT2D eigenvalue weighted by molar-refractivity contribution is 0.273. The number of ether oxygens (including phenoxy) is 2. The van der Waals surface area contributed by atoms with Gasteiger partial charge >= 0.3 is 0 Å². The standard InChI is InChI=1S/C24H23FO2/c1-16-10-11-23(27-15-18-7-4-3-5-8-18)21(13-16)20-14-22(25)24-19(17(20)2)9-6-12-26-24/h3-5,7-8,10-11,13-14H,6,9,12,15H2,1-2H3. The van der Waals surface area contributed by atoms with Crippen molar-refractivity contribution in [1.29, 1.82) is 0 Å². The Morgan fingerprint density at radius 1 is 1.00 bits per heavy atom. The Hall–Kier alpha value is -2.81. The van der Waals surface area contributed by atoms with E-state index < -0.39 is 0 Å². The lowest BCUT2D eigenvalue weighted by atomic mass is 9.91. The molecule has 0 fully saturated rings. The Labute approximate surface area is 159 Å². The van der Waals surface area contributed by atoms with Crippen molar-refractivity contribution in [1.82, 2.24) is 0 Å². The van der Waals surface area contributed by atoms with Crippen LogP contribution in [0.3, 0.4) is 0 Å². The summed E-state index contributed by atoms with van der Waals surface area (Å²) in [6.45, 7) is 5.15. The van der Waals surface area contributed by atoms with E-state index in [-0.39, 0.29) is 5.82 Å². The molecule has 0 radical (unpaired) electrons. The van der Waals surface area contributed by atoms with Crippen molar-refractivity contribution in [3.05, 3.63) is 82.7 Å². The smallest absolute Gasteiger partial charge is 0.165 e. The molecule has 0 saturated carbocycles. The highest BCUT2D eigenvalue weighted by molar-refractivity contribution is 5.76. The van der Waals surface area contributed by atoms with Gasteiger partial charge in [0.05, 0.1) is 6.61 Å². The largest absolute Gasteiger partial charge is 0.490 e. The molecule has 0 atom stereocenters. The lowest BCUT2D eigenvalue weighted by Crippen LogP contribution is -2.12. The van der Waals surface area contributed by atoms with Gasteiger partial charge in [-0.25, -0.2) is 4.39 Å². The molecule has 3 heteroatoms. The predicted octanol–water partition coefficient (Wildman–Crippen LogP) is 6.01. The number of aryl methyl sites for hydroxylation is 1. The summed E-state index contributed by atoms with van der Waals surface area (Å²) in [5.41, 5.74) is 6.07. The van der Waals surface area contributed by atoms with Crippen LogP contribution in [-0.4, -0.2) is 6.61 Å². The maximum atomic E-state index is 14.7. The summed E-state index contributed by atoms with van der Waals surface area (Å²) in [6, 6.07) is 17.7. The average molecular weight is 362 g/mol. The van der Waals surface area contributed by atoms with Crippen LogP contribution in [0.15, 0.2) is 54.6 Å². The minimum absolute atomic E-state index is 0.291. The third-order valence-corrected chi connectivity index (χ3v) is 5.10. The molecule has 0 unspecified atom stereocenters. The van der Waals surface area contributed by atoms with Crippen molar-refractivity contribution < 1.29 is 13.9 Å². The molecule has 27 heavy (non-hydrogen) atoms. The van der Waals surface area contributed by atoms with Crippen LogP contribution >= 0.6 is 0 Å². The van der Waals surface area contributed by atoms with Crippen LogP contribution in [0.4, 0.5) is 4.39 Å². The molecule has 138 valence electrons. The Kier molecular flexibility index (Phi) is 4.85. The van der Waals surface area contributed by atoms with Gasteiger partial charge in [0.15, 0.2) is 11.6 Å². The Bertz CT molecular complexity index is 964. The molecule has 0 spiro atoms. The number of benzene rings is 3. The fourth-order valence-electron chi connectivity index (χ4n) is 3.65. The Morgan fingerprint density at radius 3 is 2.63 bits per heavy atom. The minimum atomic E-state index is -0.291. The van der Waals surface area contributed by atoms with Gasteiger partial charge in [0, 0.05) is 11.1 Å². The molecule has 0 amide bonds. The number of halogens is 1. The molecule has 1 aliphatic heterocycles. The summed E-state index contributed by atoms with van der Waals surface area (Å²) in [7, 11) is 0. The molecular formula is C24H23FO2. The zero-order valence-electron chi connectivity index (χ0n) is 15.7. The first-order valence-electron chi connectivity index (χ1n) is 9.36. The Balaban J connectivity index is 1.75.